The molecule has 1 unspecified atom stereocenters. The Hall–Kier alpha value is -3.76. The fourth-order valence-corrected chi connectivity index (χ4v) is 3.59. The standard InChI is InChI=1S/C21H25N5O6/c1-3-31-20(27)14-8-7-11-25(12-14)19-17(26(29)30)18(22-13-23-19)24-16-10-6-5-9-15(16)21(28)32-4-2/h5-6,9-10,13-14H,3-4,7-8,11-12H2,1-2H3,(H,22,23,24). The fourth-order valence-electron chi connectivity index (χ4n) is 3.59. The summed E-state index contributed by atoms with van der Waals surface area (Å²) in [4.78, 5) is 45.8. The average molecular weight is 443 g/mol. The van der Waals surface area contributed by atoms with Crippen LogP contribution in [0.2, 0.25) is 0 Å². The number of rotatable bonds is 8. The van der Waals surface area contributed by atoms with Crippen molar-refractivity contribution in [3.63, 3.8) is 0 Å². The molecule has 1 aromatic heterocycles. The number of ether oxygens (including phenoxy) is 2. The first-order valence-electron chi connectivity index (χ1n) is 10.4. The molecule has 0 saturated carbocycles. The topological polar surface area (TPSA) is 137 Å². The second kappa shape index (κ2) is 10.5. The maximum Gasteiger partial charge on any atom is 0.353 e. The molecule has 1 atom stereocenters. The largest absolute Gasteiger partial charge is 0.466 e. The molecule has 11 heteroatoms. The minimum Gasteiger partial charge on any atom is -0.466 e. The van der Waals surface area contributed by atoms with Crippen molar-refractivity contribution < 1.29 is 24.0 Å². The van der Waals surface area contributed by atoms with Crippen LogP contribution in [0.25, 0.3) is 0 Å². The lowest BCUT2D eigenvalue weighted by molar-refractivity contribution is -0.383. The van der Waals surface area contributed by atoms with E-state index in [1.54, 1.807) is 43.0 Å². The molecule has 0 amide bonds. The van der Waals surface area contributed by atoms with Gasteiger partial charge in [0.05, 0.1) is 35.3 Å². The third-order valence-electron chi connectivity index (χ3n) is 5.00. The van der Waals surface area contributed by atoms with Gasteiger partial charge in [-0.15, -0.1) is 0 Å². The van der Waals surface area contributed by atoms with Crippen LogP contribution >= 0.6 is 0 Å². The first kappa shape index (κ1) is 22.9. The normalized spacial score (nSPS) is 15.7. The summed E-state index contributed by atoms with van der Waals surface area (Å²) in [6, 6.07) is 6.52. The van der Waals surface area contributed by atoms with Crippen LogP contribution in [0.1, 0.15) is 37.0 Å². The minimum atomic E-state index is -0.571. The summed E-state index contributed by atoms with van der Waals surface area (Å²) in [7, 11) is 0. The van der Waals surface area contributed by atoms with Gasteiger partial charge < -0.3 is 19.7 Å². The summed E-state index contributed by atoms with van der Waals surface area (Å²) >= 11 is 0. The second-order valence-electron chi connectivity index (χ2n) is 7.08. The number of hydrogen-bond donors (Lipinski definition) is 1. The van der Waals surface area contributed by atoms with E-state index in [0.29, 0.717) is 25.1 Å². The van der Waals surface area contributed by atoms with Crippen LogP contribution < -0.4 is 10.2 Å². The van der Waals surface area contributed by atoms with Crippen LogP contribution in [-0.2, 0) is 14.3 Å². The van der Waals surface area contributed by atoms with E-state index in [9.17, 15) is 19.7 Å². The van der Waals surface area contributed by atoms with E-state index in [1.165, 1.54) is 6.33 Å². The summed E-state index contributed by atoms with van der Waals surface area (Å²) in [5.41, 5.74) is 0.210. The molecule has 3 rings (SSSR count). The van der Waals surface area contributed by atoms with Crippen molar-refractivity contribution >= 4 is 34.9 Å². The second-order valence-corrected chi connectivity index (χ2v) is 7.08. The number of benzene rings is 1. The Morgan fingerprint density at radius 2 is 1.97 bits per heavy atom. The number of anilines is 3. The lowest BCUT2D eigenvalue weighted by Gasteiger charge is -2.32. The number of hydrogen-bond acceptors (Lipinski definition) is 10. The van der Waals surface area contributed by atoms with E-state index < -0.39 is 10.9 Å². The molecule has 1 aromatic carbocycles. The summed E-state index contributed by atoms with van der Waals surface area (Å²) in [5.74, 6) is -1.22. The van der Waals surface area contributed by atoms with Crippen LogP contribution in [0.15, 0.2) is 30.6 Å². The zero-order chi connectivity index (χ0) is 23.1. The Balaban J connectivity index is 1.94. The van der Waals surface area contributed by atoms with Crippen LogP contribution in [0, 0.1) is 16.0 Å². The number of carbonyl (C=O) groups excluding carboxylic acids is 2. The number of piperidine rings is 1. The van der Waals surface area contributed by atoms with Gasteiger partial charge in [0.1, 0.15) is 6.33 Å². The quantitative estimate of drug-likeness (QED) is 0.368. The fraction of sp³-hybridized carbons (Fsp3) is 0.429. The van der Waals surface area contributed by atoms with E-state index >= 15 is 0 Å². The molecule has 2 heterocycles. The molecule has 1 N–H and O–H groups in total. The van der Waals surface area contributed by atoms with E-state index in [0.717, 1.165) is 0 Å². The Morgan fingerprint density at radius 1 is 1.22 bits per heavy atom. The van der Waals surface area contributed by atoms with Gasteiger partial charge in [0.15, 0.2) is 0 Å². The highest BCUT2D eigenvalue weighted by Gasteiger charge is 2.33. The highest BCUT2D eigenvalue weighted by molar-refractivity contribution is 5.97. The van der Waals surface area contributed by atoms with Gasteiger partial charge in [-0.1, -0.05) is 12.1 Å². The van der Waals surface area contributed by atoms with Gasteiger partial charge >= 0.3 is 17.6 Å². The van der Waals surface area contributed by atoms with E-state index in [2.05, 4.69) is 15.3 Å². The van der Waals surface area contributed by atoms with Gasteiger partial charge in [-0.25, -0.2) is 14.8 Å². The molecular formula is C21H25N5O6. The number of nitrogens with one attached hydrogen (secondary N) is 1. The average Bonchev–Trinajstić information content (AvgIpc) is 2.79. The van der Waals surface area contributed by atoms with Crippen LogP contribution in [-0.4, -0.2) is 53.1 Å². The van der Waals surface area contributed by atoms with Gasteiger partial charge in [-0.05, 0) is 38.8 Å². The van der Waals surface area contributed by atoms with E-state index in [1.807, 2.05) is 0 Å². The highest BCUT2D eigenvalue weighted by atomic mass is 16.6. The van der Waals surface area contributed by atoms with Crippen LogP contribution in [0.5, 0.6) is 0 Å². The van der Waals surface area contributed by atoms with Gasteiger partial charge in [-0.3, -0.25) is 14.9 Å². The molecule has 32 heavy (non-hydrogen) atoms. The first-order chi connectivity index (χ1) is 15.5. The molecule has 0 bridgehead atoms. The third-order valence-corrected chi connectivity index (χ3v) is 5.00. The number of carbonyl (C=O) groups is 2. The molecule has 0 radical (unpaired) electrons. The van der Waals surface area contributed by atoms with E-state index in [4.69, 9.17) is 9.47 Å². The maximum atomic E-state index is 12.3. The first-order valence-corrected chi connectivity index (χ1v) is 10.4. The summed E-state index contributed by atoms with van der Waals surface area (Å²) in [6.45, 7) is 4.66. The van der Waals surface area contributed by atoms with Crippen molar-refractivity contribution in [2.45, 2.75) is 26.7 Å². The molecule has 2 aromatic rings. The molecule has 1 saturated heterocycles. The van der Waals surface area contributed by atoms with Crippen molar-refractivity contribution in [1.82, 2.24) is 9.97 Å². The predicted octanol–water partition coefficient (Wildman–Crippen LogP) is 3.08. The third kappa shape index (κ3) is 5.10. The van der Waals surface area contributed by atoms with Gasteiger partial charge in [0.2, 0.25) is 11.6 Å². The Kier molecular flexibility index (Phi) is 7.53. The molecule has 0 spiro atoms. The molecule has 11 nitrogen and oxygen atoms in total. The van der Waals surface area contributed by atoms with Crippen molar-refractivity contribution in [2.75, 3.05) is 36.5 Å². The molecule has 1 aliphatic heterocycles. The van der Waals surface area contributed by atoms with Crippen molar-refractivity contribution in [3.05, 3.63) is 46.3 Å². The lowest BCUT2D eigenvalue weighted by atomic mass is 9.98. The Bertz CT molecular complexity index is 998. The molecular weight excluding hydrogens is 418 g/mol. The van der Waals surface area contributed by atoms with Crippen LogP contribution in [0.4, 0.5) is 23.0 Å². The molecule has 1 fully saturated rings. The molecule has 170 valence electrons. The Morgan fingerprint density at radius 3 is 2.69 bits per heavy atom. The van der Waals surface area contributed by atoms with E-state index in [-0.39, 0.29) is 54.5 Å². The molecule has 0 aliphatic carbocycles. The van der Waals surface area contributed by atoms with Gasteiger partial charge in [0.25, 0.3) is 0 Å². The monoisotopic (exact) mass is 443 g/mol. The summed E-state index contributed by atoms with van der Waals surface area (Å²) < 4.78 is 10.2. The number of esters is 2. The zero-order valence-electron chi connectivity index (χ0n) is 17.9. The number of para-hydroxylation sites is 1. The molecule has 1 aliphatic rings. The zero-order valence-corrected chi connectivity index (χ0v) is 17.9. The Labute approximate surface area is 184 Å². The SMILES string of the molecule is CCOC(=O)c1ccccc1Nc1ncnc(N2CCCC(C(=O)OCC)C2)c1[N+](=O)[O-]. The van der Waals surface area contributed by atoms with Gasteiger partial charge in [0, 0.05) is 13.1 Å². The van der Waals surface area contributed by atoms with Crippen LogP contribution in [0.3, 0.4) is 0 Å². The van der Waals surface area contributed by atoms with Crippen molar-refractivity contribution in [2.24, 2.45) is 5.92 Å². The summed E-state index contributed by atoms with van der Waals surface area (Å²) in [5, 5.41) is 14.9. The van der Waals surface area contributed by atoms with Crippen molar-refractivity contribution in [3.8, 4) is 0 Å². The lowest BCUT2D eigenvalue weighted by Crippen LogP contribution is -2.40. The summed E-state index contributed by atoms with van der Waals surface area (Å²) in [6.07, 6.45) is 2.52. The number of aromatic nitrogens is 2. The number of nitro groups is 1. The minimum absolute atomic E-state index is 0.0602. The smallest absolute Gasteiger partial charge is 0.353 e. The van der Waals surface area contributed by atoms with Gasteiger partial charge in [-0.2, -0.15) is 0 Å². The maximum absolute atomic E-state index is 12.3. The van der Waals surface area contributed by atoms with Crippen molar-refractivity contribution in [1.29, 1.82) is 0 Å². The number of nitrogens with zero attached hydrogens (tertiary/aromatic N) is 4. The predicted molar refractivity (Wildman–Crippen MR) is 116 cm³/mol. The highest BCUT2D eigenvalue weighted by Crippen LogP contribution is 2.36.